The summed E-state index contributed by atoms with van der Waals surface area (Å²) in [5, 5.41) is 13.9. The largest absolute Gasteiger partial charge is 0.364 e. The Hall–Kier alpha value is -2.67. The molecule has 7 nitrogen and oxygen atoms in total. The van der Waals surface area contributed by atoms with Crippen LogP contribution in [0, 0.1) is 10.1 Å². The first-order valence-electron chi connectivity index (χ1n) is 6.60. The van der Waals surface area contributed by atoms with Crippen LogP contribution in [0.4, 0.5) is 17.3 Å². The van der Waals surface area contributed by atoms with Crippen LogP contribution in [0.3, 0.4) is 0 Å². The number of hydrazine groups is 1. The van der Waals surface area contributed by atoms with E-state index in [4.69, 9.17) is 5.84 Å². The highest BCUT2D eigenvalue weighted by atomic mass is 16.6. The van der Waals surface area contributed by atoms with Crippen molar-refractivity contribution < 1.29 is 4.92 Å². The maximum absolute atomic E-state index is 10.9. The van der Waals surface area contributed by atoms with Crippen LogP contribution in [0.15, 0.2) is 42.5 Å². The van der Waals surface area contributed by atoms with E-state index in [0.717, 1.165) is 12.8 Å². The lowest BCUT2D eigenvalue weighted by atomic mass is 10.1. The molecule has 0 bridgehead atoms. The molecule has 1 aromatic carbocycles. The average Bonchev–Trinajstić information content (AvgIpc) is 2.52. The minimum Gasteiger partial charge on any atom is -0.364 e. The SMILES string of the molecule is NNc1ccc([N+](=O)[O-])c(NCCCc2ccccc2)n1. The van der Waals surface area contributed by atoms with E-state index in [-0.39, 0.29) is 11.5 Å². The number of aromatic nitrogens is 1. The van der Waals surface area contributed by atoms with Crippen molar-refractivity contribution in [2.45, 2.75) is 12.8 Å². The lowest BCUT2D eigenvalue weighted by Gasteiger charge is -2.08. The van der Waals surface area contributed by atoms with Crippen molar-refractivity contribution in [1.82, 2.24) is 4.98 Å². The highest BCUT2D eigenvalue weighted by Crippen LogP contribution is 2.23. The standard InChI is InChI=1S/C14H17N5O2/c15-18-13-9-8-12(19(20)21)14(17-13)16-10-4-7-11-5-2-1-3-6-11/h1-3,5-6,8-9H,4,7,10,15H2,(H2,16,17,18). The fourth-order valence-electron chi connectivity index (χ4n) is 1.95. The van der Waals surface area contributed by atoms with Gasteiger partial charge in [-0.15, -0.1) is 0 Å². The zero-order chi connectivity index (χ0) is 15.1. The van der Waals surface area contributed by atoms with E-state index in [2.05, 4.69) is 27.9 Å². The van der Waals surface area contributed by atoms with Crippen molar-refractivity contribution in [2.75, 3.05) is 17.3 Å². The van der Waals surface area contributed by atoms with E-state index in [1.165, 1.54) is 17.7 Å². The number of benzene rings is 1. The third-order valence-electron chi connectivity index (χ3n) is 3.00. The summed E-state index contributed by atoms with van der Waals surface area (Å²) in [7, 11) is 0. The zero-order valence-corrected chi connectivity index (χ0v) is 11.5. The van der Waals surface area contributed by atoms with Crippen molar-refractivity contribution in [3.05, 3.63) is 58.1 Å². The summed E-state index contributed by atoms with van der Waals surface area (Å²) >= 11 is 0. The molecule has 0 saturated carbocycles. The second kappa shape index (κ2) is 7.20. The quantitative estimate of drug-likeness (QED) is 0.312. The summed E-state index contributed by atoms with van der Waals surface area (Å²) in [5.41, 5.74) is 3.55. The van der Waals surface area contributed by atoms with Gasteiger partial charge in [0, 0.05) is 12.6 Å². The molecular formula is C14H17N5O2. The van der Waals surface area contributed by atoms with Crippen LogP contribution in [-0.2, 0) is 6.42 Å². The number of nitrogens with one attached hydrogen (secondary N) is 2. The van der Waals surface area contributed by atoms with Crippen molar-refractivity contribution in [3.8, 4) is 0 Å². The lowest BCUT2D eigenvalue weighted by molar-refractivity contribution is -0.384. The highest BCUT2D eigenvalue weighted by Gasteiger charge is 2.15. The summed E-state index contributed by atoms with van der Waals surface area (Å²) < 4.78 is 0. The van der Waals surface area contributed by atoms with Gasteiger partial charge in [-0.25, -0.2) is 10.8 Å². The molecule has 0 saturated heterocycles. The monoisotopic (exact) mass is 287 g/mol. The Labute approximate surface area is 122 Å². The van der Waals surface area contributed by atoms with E-state index in [9.17, 15) is 10.1 Å². The van der Waals surface area contributed by atoms with E-state index >= 15 is 0 Å². The Balaban J connectivity index is 1.94. The van der Waals surface area contributed by atoms with Gasteiger partial charge in [0.05, 0.1) is 4.92 Å². The van der Waals surface area contributed by atoms with Gasteiger partial charge in [-0.3, -0.25) is 10.1 Å². The number of rotatable bonds is 7. The van der Waals surface area contributed by atoms with Crippen molar-refractivity contribution in [2.24, 2.45) is 5.84 Å². The van der Waals surface area contributed by atoms with Gasteiger partial charge < -0.3 is 10.7 Å². The van der Waals surface area contributed by atoms with Crippen LogP contribution in [0.5, 0.6) is 0 Å². The number of nitro groups is 1. The first-order valence-corrected chi connectivity index (χ1v) is 6.60. The number of nitrogens with zero attached hydrogens (tertiary/aromatic N) is 2. The highest BCUT2D eigenvalue weighted by molar-refractivity contribution is 5.59. The molecule has 0 aliphatic carbocycles. The fraction of sp³-hybridized carbons (Fsp3) is 0.214. The number of nitrogen functional groups attached to an aromatic ring is 1. The van der Waals surface area contributed by atoms with Crippen LogP contribution in [0.1, 0.15) is 12.0 Å². The van der Waals surface area contributed by atoms with Crippen LogP contribution in [-0.4, -0.2) is 16.5 Å². The van der Waals surface area contributed by atoms with Gasteiger partial charge in [-0.05, 0) is 24.5 Å². The number of hydrogen-bond donors (Lipinski definition) is 3. The van der Waals surface area contributed by atoms with Gasteiger partial charge in [0.25, 0.3) is 0 Å². The third-order valence-corrected chi connectivity index (χ3v) is 3.00. The Morgan fingerprint density at radius 3 is 2.62 bits per heavy atom. The summed E-state index contributed by atoms with van der Waals surface area (Å²) in [6.07, 6.45) is 1.75. The maximum atomic E-state index is 10.9. The molecule has 0 radical (unpaired) electrons. The van der Waals surface area contributed by atoms with Crippen molar-refractivity contribution in [1.29, 1.82) is 0 Å². The molecule has 1 heterocycles. The molecule has 4 N–H and O–H groups in total. The molecule has 0 spiro atoms. The molecule has 0 aliphatic rings. The average molecular weight is 287 g/mol. The molecule has 0 amide bonds. The summed E-state index contributed by atoms with van der Waals surface area (Å²) in [5.74, 6) is 5.87. The number of pyridine rings is 1. The second-order valence-electron chi connectivity index (χ2n) is 4.48. The molecule has 0 atom stereocenters. The van der Waals surface area contributed by atoms with Crippen molar-refractivity contribution >= 4 is 17.3 Å². The summed E-state index contributed by atoms with van der Waals surface area (Å²) in [6.45, 7) is 0.594. The van der Waals surface area contributed by atoms with E-state index < -0.39 is 4.92 Å². The molecule has 21 heavy (non-hydrogen) atoms. The Kier molecular flexibility index (Phi) is 5.05. The Morgan fingerprint density at radius 1 is 1.19 bits per heavy atom. The predicted molar refractivity (Wildman–Crippen MR) is 82.0 cm³/mol. The topological polar surface area (TPSA) is 106 Å². The van der Waals surface area contributed by atoms with Gasteiger partial charge >= 0.3 is 5.69 Å². The molecular weight excluding hydrogens is 270 g/mol. The minimum absolute atomic E-state index is 0.0614. The molecule has 0 aliphatic heterocycles. The predicted octanol–water partition coefficient (Wildman–Crippen LogP) is 2.32. The molecule has 1 aromatic heterocycles. The molecule has 2 aromatic rings. The van der Waals surface area contributed by atoms with E-state index in [1.54, 1.807) is 0 Å². The smallest absolute Gasteiger partial charge is 0.311 e. The van der Waals surface area contributed by atoms with E-state index in [0.29, 0.717) is 12.4 Å². The molecule has 0 unspecified atom stereocenters. The van der Waals surface area contributed by atoms with Crippen LogP contribution in [0.25, 0.3) is 0 Å². The third kappa shape index (κ3) is 4.15. The maximum Gasteiger partial charge on any atom is 0.311 e. The Morgan fingerprint density at radius 2 is 1.95 bits per heavy atom. The number of hydrogen-bond acceptors (Lipinski definition) is 6. The van der Waals surface area contributed by atoms with Gasteiger partial charge in [0.1, 0.15) is 5.82 Å². The molecule has 2 rings (SSSR count). The lowest BCUT2D eigenvalue weighted by Crippen LogP contribution is -2.12. The van der Waals surface area contributed by atoms with Gasteiger partial charge in [0.2, 0.25) is 5.82 Å². The fourth-order valence-corrected chi connectivity index (χ4v) is 1.95. The molecule has 0 fully saturated rings. The first kappa shape index (κ1) is 14.7. The van der Waals surface area contributed by atoms with Crippen LogP contribution < -0.4 is 16.6 Å². The zero-order valence-electron chi connectivity index (χ0n) is 11.5. The van der Waals surface area contributed by atoms with Crippen LogP contribution in [0.2, 0.25) is 0 Å². The van der Waals surface area contributed by atoms with Gasteiger partial charge in [-0.2, -0.15) is 0 Å². The number of aryl methyl sites for hydroxylation is 1. The van der Waals surface area contributed by atoms with Gasteiger partial charge in [0.15, 0.2) is 0 Å². The molecule has 7 heteroatoms. The second-order valence-corrected chi connectivity index (χ2v) is 4.48. The molecule has 110 valence electrons. The summed E-state index contributed by atoms with van der Waals surface area (Å²) in [4.78, 5) is 14.6. The normalized spacial score (nSPS) is 10.1. The minimum atomic E-state index is -0.465. The summed E-state index contributed by atoms with van der Waals surface area (Å²) in [6, 6.07) is 12.9. The van der Waals surface area contributed by atoms with Crippen LogP contribution >= 0.6 is 0 Å². The van der Waals surface area contributed by atoms with Gasteiger partial charge in [-0.1, -0.05) is 30.3 Å². The Bertz CT molecular complexity index is 604. The van der Waals surface area contributed by atoms with E-state index in [1.807, 2.05) is 18.2 Å². The number of anilines is 2. The van der Waals surface area contributed by atoms with Crippen molar-refractivity contribution in [3.63, 3.8) is 0 Å². The first-order chi connectivity index (χ1) is 10.2. The number of nitrogens with two attached hydrogens (primary N) is 1.